The molecule has 1 heterocycles. The molecular formula is C9H14N4O3S. The van der Waals surface area contributed by atoms with E-state index in [1.807, 2.05) is 0 Å². The molecule has 8 heteroatoms. The molecule has 0 spiro atoms. The van der Waals surface area contributed by atoms with Crippen LogP contribution in [0.3, 0.4) is 0 Å². The molecule has 1 aromatic rings. The molecule has 1 aromatic heterocycles. The summed E-state index contributed by atoms with van der Waals surface area (Å²) in [5.41, 5.74) is 0. The fourth-order valence-electron chi connectivity index (χ4n) is 1.10. The third kappa shape index (κ3) is 4.85. The van der Waals surface area contributed by atoms with E-state index in [1.165, 1.54) is 4.90 Å². The Morgan fingerprint density at radius 1 is 1.47 bits per heavy atom. The summed E-state index contributed by atoms with van der Waals surface area (Å²) < 4.78 is 0. The molecule has 0 aliphatic rings. The predicted molar refractivity (Wildman–Crippen MR) is 62.6 cm³/mol. The van der Waals surface area contributed by atoms with Crippen molar-refractivity contribution < 1.29 is 14.7 Å². The van der Waals surface area contributed by atoms with E-state index in [9.17, 15) is 9.59 Å². The molecule has 2 N–H and O–H groups in total. The monoisotopic (exact) mass is 258 g/mol. The van der Waals surface area contributed by atoms with Crippen molar-refractivity contribution in [3.63, 3.8) is 0 Å². The van der Waals surface area contributed by atoms with Crippen LogP contribution in [0.1, 0.15) is 11.6 Å². The molecule has 0 fully saturated rings. The summed E-state index contributed by atoms with van der Waals surface area (Å²) >= 11 is 1.07. The molecule has 0 saturated carbocycles. The van der Waals surface area contributed by atoms with E-state index in [4.69, 9.17) is 5.11 Å². The van der Waals surface area contributed by atoms with Gasteiger partial charge in [-0.05, 0) is 6.92 Å². The second-order valence-electron chi connectivity index (χ2n) is 3.47. The summed E-state index contributed by atoms with van der Waals surface area (Å²) in [6.45, 7) is 2.10. The molecule has 0 aliphatic carbocycles. The molecular weight excluding hydrogens is 244 g/mol. The highest BCUT2D eigenvalue weighted by molar-refractivity contribution is 8.00. The molecule has 0 aromatic carbocycles. The highest BCUT2D eigenvalue weighted by atomic mass is 32.2. The van der Waals surface area contributed by atoms with Crippen molar-refractivity contribution in [3.8, 4) is 0 Å². The fraction of sp³-hybridized carbons (Fsp3) is 0.556. The lowest BCUT2D eigenvalue weighted by atomic mass is 10.5. The maximum absolute atomic E-state index is 11.6. The first-order chi connectivity index (χ1) is 7.99. The summed E-state index contributed by atoms with van der Waals surface area (Å²) in [4.78, 5) is 27.4. The van der Waals surface area contributed by atoms with Gasteiger partial charge in [-0.15, -0.1) is 11.8 Å². The van der Waals surface area contributed by atoms with Crippen LogP contribution in [-0.2, 0) is 16.1 Å². The van der Waals surface area contributed by atoms with Gasteiger partial charge in [0.05, 0.1) is 18.1 Å². The van der Waals surface area contributed by atoms with Crippen LogP contribution in [-0.4, -0.2) is 55.6 Å². The summed E-state index contributed by atoms with van der Waals surface area (Å²) in [6, 6.07) is 0. The Balaban J connectivity index is 2.34. The van der Waals surface area contributed by atoms with Crippen molar-refractivity contribution in [2.45, 2.75) is 13.5 Å². The zero-order chi connectivity index (χ0) is 12.8. The number of H-pyrrole nitrogens is 1. The maximum Gasteiger partial charge on any atom is 0.313 e. The number of carboxylic acid groups (broad SMARTS) is 1. The van der Waals surface area contributed by atoms with Crippen molar-refractivity contribution in [2.24, 2.45) is 0 Å². The smallest absolute Gasteiger partial charge is 0.313 e. The number of thioether (sulfide) groups is 1. The third-order valence-corrected chi connectivity index (χ3v) is 2.80. The Bertz CT molecular complexity index is 407. The summed E-state index contributed by atoms with van der Waals surface area (Å²) in [6.07, 6.45) is 0. The number of hydrogen-bond acceptors (Lipinski definition) is 5. The number of hydrogen-bond donors (Lipinski definition) is 2. The van der Waals surface area contributed by atoms with Crippen LogP contribution in [0.2, 0.25) is 0 Å². The minimum atomic E-state index is -0.921. The van der Waals surface area contributed by atoms with Gasteiger partial charge in [0.2, 0.25) is 5.91 Å². The minimum absolute atomic E-state index is 0.0701. The zero-order valence-corrected chi connectivity index (χ0v) is 10.5. The van der Waals surface area contributed by atoms with Crippen LogP contribution in [0.15, 0.2) is 0 Å². The summed E-state index contributed by atoms with van der Waals surface area (Å²) in [7, 11) is 1.63. The molecule has 0 bridgehead atoms. The molecule has 94 valence electrons. The Labute approximate surface area is 103 Å². The SMILES string of the molecule is Cc1nc(CN(C)C(=O)CSCC(=O)O)n[nH]1. The summed E-state index contributed by atoms with van der Waals surface area (Å²) in [5.74, 6) is 0.252. The van der Waals surface area contributed by atoms with Crippen LogP contribution >= 0.6 is 11.8 Å². The quantitative estimate of drug-likeness (QED) is 0.738. The first-order valence-electron chi connectivity index (χ1n) is 4.90. The van der Waals surface area contributed by atoms with Gasteiger partial charge < -0.3 is 10.0 Å². The normalized spacial score (nSPS) is 10.2. The van der Waals surface area contributed by atoms with Crippen molar-refractivity contribution in [2.75, 3.05) is 18.6 Å². The van der Waals surface area contributed by atoms with E-state index < -0.39 is 5.97 Å². The van der Waals surface area contributed by atoms with E-state index in [-0.39, 0.29) is 17.4 Å². The number of aromatic amines is 1. The van der Waals surface area contributed by atoms with Gasteiger partial charge in [0.15, 0.2) is 5.82 Å². The van der Waals surface area contributed by atoms with Crippen LogP contribution in [0.25, 0.3) is 0 Å². The lowest BCUT2D eigenvalue weighted by Crippen LogP contribution is -2.28. The first kappa shape index (κ1) is 13.5. The highest BCUT2D eigenvalue weighted by Gasteiger charge is 2.12. The van der Waals surface area contributed by atoms with E-state index >= 15 is 0 Å². The number of carbonyl (C=O) groups is 2. The molecule has 0 saturated heterocycles. The van der Waals surface area contributed by atoms with Crippen molar-refractivity contribution in [1.29, 1.82) is 0 Å². The van der Waals surface area contributed by atoms with Gasteiger partial charge in [-0.3, -0.25) is 14.7 Å². The van der Waals surface area contributed by atoms with Crippen LogP contribution in [0, 0.1) is 6.92 Å². The number of carbonyl (C=O) groups excluding carboxylic acids is 1. The largest absolute Gasteiger partial charge is 0.481 e. The van der Waals surface area contributed by atoms with Gasteiger partial charge in [-0.25, -0.2) is 4.98 Å². The van der Waals surface area contributed by atoms with E-state index in [0.717, 1.165) is 11.8 Å². The highest BCUT2D eigenvalue weighted by Crippen LogP contribution is 2.03. The molecule has 0 aliphatic heterocycles. The predicted octanol–water partition coefficient (Wildman–Crippen LogP) is -0.111. The number of rotatable bonds is 6. The lowest BCUT2D eigenvalue weighted by Gasteiger charge is -2.14. The van der Waals surface area contributed by atoms with Gasteiger partial charge in [0.1, 0.15) is 5.82 Å². The Morgan fingerprint density at radius 2 is 2.18 bits per heavy atom. The van der Waals surface area contributed by atoms with E-state index in [2.05, 4.69) is 15.2 Å². The second kappa shape index (κ2) is 6.24. The Morgan fingerprint density at radius 3 is 2.71 bits per heavy atom. The van der Waals surface area contributed by atoms with Crippen LogP contribution < -0.4 is 0 Å². The van der Waals surface area contributed by atoms with E-state index in [0.29, 0.717) is 18.2 Å². The molecule has 17 heavy (non-hydrogen) atoms. The number of aliphatic carboxylic acids is 1. The minimum Gasteiger partial charge on any atom is -0.481 e. The van der Waals surface area contributed by atoms with Gasteiger partial charge in [-0.1, -0.05) is 0 Å². The number of nitrogens with one attached hydrogen (secondary N) is 1. The maximum atomic E-state index is 11.6. The number of amides is 1. The molecule has 0 unspecified atom stereocenters. The standard InChI is InChI=1S/C9H14N4O3S/c1-6-10-7(12-11-6)3-13(2)8(14)4-17-5-9(15)16/h3-5H2,1-2H3,(H,15,16)(H,10,11,12). The molecule has 7 nitrogen and oxygen atoms in total. The van der Waals surface area contributed by atoms with Crippen LogP contribution in [0.5, 0.6) is 0 Å². The average Bonchev–Trinajstić information content (AvgIpc) is 2.63. The number of carboxylic acids is 1. The van der Waals surface area contributed by atoms with Crippen molar-refractivity contribution in [1.82, 2.24) is 20.1 Å². The molecule has 0 atom stereocenters. The van der Waals surface area contributed by atoms with Gasteiger partial charge in [0, 0.05) is 7.05 Å². The number of aryl methyl sites for hydroxylation is 1. The van der Waals surface area contributed by atoms with Crippen molar-refractivity contribution >= 4 is 23.6 Å². The Kier molecular flexibility index (Phi) is 4.95. The topological polar surface area (TPSA) is 99.2 Å². The Hall–Kier alpha value is -1.57. The van der Waals surface area contributed by atoms with Crippen LogP contribution in [0.4, 0.5) is 0 Å². The number of nitrogens with zero attached hydrogens (tertiary/aromatic N) is 3. The average molecular weight is 258 g/mol. The van der Waals surface area contributed by atoms with Gasteiger partial charge in [0.25, 0.3) is 0 Å². The van der Waals surface area contributed by atoms with E-state index in [1.54, 1.807) is 14.0 Å². The third-order valence-electron chi connectivity index (χ3n) is 1.90. The number of aromatic nitrogens is 3. The fourth-order valence-corrected chi connectivity index (χ4v) is 1.77. The molecule has 1 amide bonds. The summed E-state index contributed by atoms with van der Waals surface area (Å²) in [5, 5.41) is 15.0. The van der Waals surface area contributed by atoms with Crippen molar-refractivity contribution in [3.05, 3.63) is 11.6 Å². The second-order valence-corrected chi connectivity index (χ2v) is 4.46. The molecule has 0 radical (unpaired) electrons. The molecule has 1 rings (SSSR count). The zero-order valence-electron chi connectivity index (χ0n) is 9.63. The lowest BCUT2D eigenvalue weighted by molar-refractivity contribution is -0.133. The van der Waals surface area contributed by atoms with Gasteiger partial charge >= 0.3 is 5.97 Å². The van der Waals surface area contributed by atoms with Gasteiger partial charge in [-0.2, -0.15) is 5.10 Å². The first-order valence-corrected chi connectivity index (χ1v) is 6.06.